The summed E-state index contributed by atoms with van der Waals surface area (Å²) in [4.78, 5) is 12.1. The van der Waals surface area contributed by atoms with E-state index < -0.39 is 0 Å². The van der Waals surface area contributed by atoms with Crippen molar-refractivity contribution in [2.45, 2.75) is 13.5 Å². The molecule has 2 rings (SSSR count). The Balaban J connectivity index is 1.99. The summed E-state index contributed by atoms with van der Waals surface area (Å²) in [5.74, 6) is 1.01. The zero-order valence-electron chi connectivity index (χ0n) is 8.81. The largest absolute Gasteiger partial charge is 0.364 e. The molecule has 0 spiro atoms. The molecule has 5 heteroatoms. The lowest BCUT2D eigenvalue weighted by Gasteiger charge is -2.04. The molecule has 0 fully saturated rings. The molecule has 0 amide bonds. The van der Waals surface area contributed by atoms with Crippen molar-refractivity contribution in [3.63, 3.8) is 0 Å². The summed E-state index contributed by atoms with van der Waals surface area (Å²) in [7, 11) is 0. The van der Waals surface area contributed by atoms with Gasteiger partial charge in [0, 0.05) is 6.20 Å². The average molecular weight is 218 g/mol. The fourth-order valence-corrected chi connectivity index (χ4v) is 1.27. The summed E-state index contributed by atoms with van der Waals surface area (Å²) in [6.07, 6.45) is 2.88. The molecule has 0 aliphatic carbocycles. The summed E-state index contributed by atoms with van der Waals surface area (Å²) in [6.45, 7) is 2.38. The first-order chi connectivity index (χ1) is 7.74. The number of pyridine rings is 1. The maximum Gasteiger partial charge on any atom is 0.141 e. The maximum absolute atomic E-state index is 12.6. The fourth-order valence-electron chi connectivity index (χ4n) is 1.27. The zero-order valence-corrected chi connectivity index (χ0v) is 8.81. The van der Waals surface area contributed by atoms with E-state index in [0.29, 0.717) is 12.4 Å². The van der Waals surface area contributed by atoms with Gasteiger partial charge in [-0.2, -0.15) is 0 Å². The molecule has 0 bridgehead atoms. The highest BCUT2D eigenvalue weighted by Crippen LogP contribution is 2.05. The van der Waals surface area contributed by atoms with Crippen molar-refractivity contribution in [3.05, 3.63) is 47.9 Å². The van der Waals surface area contributed by atoms with E-state index in [1.54, 1.807) is 12.3 Å². The number of nitrogens with zero attached hydrogens (tertiary/aromatic N) is 3. The van der Waals surface area contributed by atoms with Crippen molar-refractivity contribution in [3.8, 4) is 0 Å². The number of aromatic nitrogens is 3. The van der Waals surface area contributed by atoms with Gasteiger partial charge in [0.15, 0.2) is 0 Å². The first-order valence-electron chi connectivity index (χ1n) is 4.88. The molecular formula is C11H11FN4. The van der Waals surface area contributed by atoms with Crippen LogP contribution < -0.4 is 5.32 Å². The van der Waals surface area contributed by atoms with Crippen LogP contribution in [0.5, 0.6) is 0 Å². The molecule has 0 unspecified atom stereocenters. The van der Waals surface area contributed by atoms with Crippen LogP contribution in [0.25, 0.3) is 0 Å². The molecule has 2 heterocycles. The monoisotopic (exact) mass is 218 g/mol. The summed E-state index contributed by atoms with van der Waals surface area (Å²) < 4.78 is 12.6. The first-order valence-corrected chi connectivity index (χ1v) is 4.88. The molecule has 4 nitrogen and oxygen atoms in total. The molecule has 2 aromatic heterocycles. The number of nitrogens with one attached hydrogen (secondary N) is 1. The van der Waals surface area contributed by atoms with E-state index in [2.05, 4.69) is 20.3 Å². The van der Waals surface area contributed by atoms with Gasteiger partial charge in [0.2, 0.25) is 0 Å². The Morgan fingerprint density at radius 1 is 1.25 bits per heavy atom. The molecule has 0 saturated carbocycles. The number of aryl methyl sites for hydroxylation is 1. The Bertz CT molecular complexity index is 470. The minimum absolute atomic E-state index is 0.344. The molecular weight excluding hydrogens is 207 g/mol. The Hall–Kier alpha value is -2.04. The molecule has 1 N–H and O–H groups in total. The van der Waals surface area contributed by atoms with E-state index in [9.17, 15) is 4.39 Å². The Labute approximate surface area is 92.6 Å². The Kier molecular flexibility index (Phi) is 3.05. The fraction of sp³-hybridized carbons (Fsp3) is 0.182. The molecule has 16 heavy (non-hydrogen) atoms. The second kappa shape index (κ2) is 4.65. The predicted molar refractivity (Wildman–Crippen MR) is 58.3 cm³/mol. The minimum atomic E-state index is -0.344. The van der Waals surface area contributed by atoms with E-state index in [1.807, 2.05) is 13.0 Å². The zero-order chi connectivity index (χ0) is 11.4. The van der Waals surface area contributed by atoms with Gasteiger partial charge >= 0.3 is 0 Å². The van der Waals surface area contributed by atoms with E-state index in [4.69, 9.17) is 0 Å². The molecule has 0 aliphatic rings. The van der Waals surface area contributed by atoms with Gasteiger partial charge in [-0.1, -0.05) is 0 Å². The highest BCUT2D eigenvalue weighted by Gasteiger charge is 1.97. The van der Waals surface area contributed by atoms with Gasteiger partial charge in [-0.3, -0.25) is 0 Å². The quantitative estimate of drug-likeness (QED) is 0.855. The molecule has 0 aromatic carbocycles. The van der Waals surface area contributed by atoms with Crippen LogP contribution >= 0.6 is 0 Å². The van der Waals surface area contributed by atoms with Crippen molar-refractivity contribution < 1.29 is 4.39 Å². The van der Waals surface area contributed by atoms with Gasteiger partial charge in [0.1, 0.15) is 17.5 Å². The normalized spacial score (nSPS) is 10.1. The lowest BCUT2D eigenvalue weighted by molar-refractivity contribution is 0.621. The van der Waals surface area contributed by atoms with Gasteiger partial charge in [-0.15, -0.1) is 0 Å². The minimum Gasteiger partial charge on any atom is -0.364 e. The third-order valence-corrected chi connectivity index (χ3v) is 2.01. The van der Waals surface area contributed by atoms with Gasteiger partial charge in [0.05, 0.1) is 18.4 Å². The van der Waals surface area contributed by atoms with E-state index in [-0.39, 0.29) is 5.82 Å². The summed E-state index contributed by atoms with van der Waals surface area (Å²) in [5, 5.41) is 3.05. The highest BCUT2D eigenvalue weighted by atomic mass is 19.1. The molecule has 82 valence electrons. The highest BCUT2D eigenvalue weighted by molar-refractivity contribution is 5.33. The van der Waals surface area contributed by atoms with Gasteiger partial charge in [-0.25, -0.2) is 19.3 Å². The van der Waals surface area contributed by atoms with Crippen LogP contribution in [0.4, 0.5) is 10.2 Å². The van der Waals surface area contributed by atoms with Crippen LogP contribution in [0.15, 0.2) is 30.6 Å². The van der Waals surface area contributed by atoms with Gasteiger partial charge < -0.3 is 5.32 Å². The van der Waals surface area contributed by atoms with Crippen LogP contribution in [0, 0.1) is 12.7 Å². The second-order valence-electron chi connectivity index (χ2n) is 3.31. The Morgan fingerprint density at radius 3 is 2.81 bits per heavy atom. The molecule has 0 atom stereocenters. The van der Waals surface area contributed by atoms with Crippen LogP contribution in [-0.2, 0) is 6.54 Å². The van der Waals surface area contributed by atoms with Crippen molar-refractivity contribution in [1.29, 1.82) is 0 Å². The summed E-state index contributed by atoms with van der Waals surface area (Å²) in [6, 6.07) is 4.77. The standard InChI is InChI=1S/C11H11FN4/c1-8-13-5-4-10(16-8)7-15-11-3-2-9(12)6-14-11/h2-6H,7H2,1H3,(H,14,15). The van der Waals surface area contributed by atoms with Gasteiger partial charge in [-0.05, 0) is 25.1 Å². The van der Waals surface area contributed by atoms with Crippen molar-refractivity contribution in [2.24, 2.45) is 0 Å². The van der Waals surface area contributed by atoms with E-state index in [1.165, 1.54) is 12.3 Å². The SMILES string of the molecule is Cc1nccc(CNc2ccc(F)cn2)n1. The van der Waals surface area contributed by atoms with E-state index >= 15 is 0 Å². The third kappa shape index (κ3) is 2.73. The number of hydrogen-bond donors (Lipinski definition) is 1. The molecule has 0 aliphatic heterocycles. The summed E-state index contributed by atoms with van der Waals surface area (Å²) in [5.41, 5.74) is 0.874. The smallest absolute Gasteiger partial charge is 0.141 e. The van der Waals surface area contributed by atoms with E-state index in [0.717, 1.165) is 11.5 Å². The predicted octanol–water partition coefficient (Wildman–Crippen LogP) is 1.93. The lowest BCUT2D eigenvalue weighted by atomic mass is 10.4. The van der Waals surface area contributed by atoms with Crippen molar-refractivity contribution in [2.75, 3.05) is 5.32 Å². The molecule has 2 aromatic rings. The number of anilines is 1. The maximum atomic E-state index is 12.6. The van der Waals surface area contributed by atoms with Crippen LogP contribution in [-0.4, -0.2) is 15.0 Å². The number of rotatable bonds is 3. The number of hydrogen-bond acceptors (Lipinski definition) is 4. The van der Waals surface area contributed by atoms with Gasteiger partial charge in [0.25, 0.3) is 0 Å². The third-order valence-electron chi connectivity index (χ3n) is 2.01. The van der Waals surface area contributed by atoms with Crippen LogP contribution in [0.2, 0.25) is 0 Å². The average Bonchev–Trinajstić information content (AvgIpc) is 2.28. The lowest BCUT2D eigenvalue weighted by Crippen LogP contribution is -2.04. The molecule has 0 radical (unpaired) electrons. The first kappa shape index (κ1) is 10.5. The summed E-state index contributed by atoms with van der Waals surface area (Å²) >= 11 is 0. The van der Waals surface area contributed by atoms with Crippen molar-refractivity contribution in [1.82, 2.24) is 15.0 Å². The Morgan fingerprint density at radius 2 is 2.12 bits per heavy atom. The van der Waals surface area contributed by atoms with Crippen molar-refractivity contribution >= 4 is 5.82 Å². The van der Waals surface area contributed by atoms with Crippen LogP contribution in [0.1, 0.15) is 11.5 Å². The van der Waals surface area contributed by atoms with Crippen LogP contribution in [0.3, 0.4) is 0 Å². The second-order valence-corrected chi connectivity index (χ2v) is 3.31. The molecule has 0 saturated heterocycles. The topological polar surface area (TPSA) is 50.7 Å². The number of halogens is 1.